The van der Waals surface area contributed by atoms with Crippen LogP contribution in [0, 0.1) is 5.92 Å². The summed E-state index contributed by atoms with van der Waals surface area (Å²) >= 11 is 0. The van der Waals surface area contributed by atoms with Gasteiger partial charge < -0.3 is 4.74 Å². The van der Waals surface area contributed by atoms with Crippen LogP contribution in [0.5, 0.6) is 5.75 Å². The van der Waals surface area contributed by atoms with Crippen molar-refractivity contribution in [2.45, 2.75) is 17.8 Å². The molecule has 25 heavy (non-hydrogen) atoms. The van der Waals surface area contributed by atoms with Crippen molar-refractivity contribution in [1.29, 1.82) is 0 Å². The Labute approximate surface area is 146 Å². The second kappa shape index (κ2) is 4.60. The molecule has 3 aliphatic carbocycles. The van der Waals surface area contributed by atoms with E-state index in [9.17, 15) is 4.79 Å². The smallest absolute Gasteiger partial charge is 0.315 e. The highest BCUT2D eigenvalue weighted by Gasteiger charge is 2.55. The van der Waals surface area contributed by atoms with Crippen LogP contribution in [0.25, 0.3) is 0 Å². The summed E-state index contributed by atoms with van der Waals surface area (Å²) in [6.45, 7) is 0. The van der Waals surface area contributed by atoms with Gasteiger partial charge in [0.05, 0.1) is 5.92 Å². The maximum atomic E-state index is 13.0. The fourth-order valence-corrected chi connectivity index (χ4v) is 5.36. The lowest BCUT2D eigenvalue weighted by Gasteiger charge is -2.51. The minimum atomic E-state index is -0.135. The Morgan fingerprint density at radius 1 is 0.560 bits per heavy atom. The molecular formula is C23H16O2. The van der Waals surface area contributed by atoms with E-state index in [2.05, 4.69) is 60.7 Å². The summed E-state index contributed by atoms with van der Waals surface area (Å²) in [5, 5.41) is 0. The van der Waals surface area contributed by atoms with Crippen LogP contribution in [-0.2, 0) is 4.79 Å². The average Bonchev–Trinajstić information content (AvgIpc) is 2.67. The summed E-state index contributed by atoms with van der Waals surface area (Å²) in [6.07, 6.45) is 0. The number of esters is 1. The molecule has 0 N–H and O–H groups in total. The molecule has 1 aliphatic heterocycles. The highest BCUT2D eigenvalue weighted by Crippen LogP contribution is 2.63. The molecule has 0 spiro atoms. The van der Waals surface area contributed by atoms with Crippen LogP contribution < -0.4 is 4.74 Å². The second-order valence-electron chi connectivity index (χ2n) is 7.22. The summed E-state index contributed by atoms with van der Waals surface area (Å²) in [7, 11) is 0. The number of rotatable bonds is 0. The van der Waals surface area contributed by atoms with Crippen molar-refractivity contribution < 1.29 is 9.53 Å². The second-order valence-corrected chi connectivity index (χ2v) is 7.22. The van der Waals surface area contributed by atoms with Gasteiger partial charge in [-0.05, 0) is 33.9 Å². The van der Waals surface area contributed by atoms with E-state index in [4.69, 9.17) is 4.74 Å². The van der Waals surface area contributed by atoms with E-state index in [0.717, 1.165) is 5.75 Å². The third-order valence-corrected chi connectivity index (χ3v) is 6.20. The zero-order chi connectivity index (χ0) is 16.5. The largest absolute Gasteiger partial charge is 0.426 e. The lowest BCUT2D eigenvalue weighted by Crippen LogP contribution is -2.46. The van der Waals surface area contributed by atoms with E-state index < -0.39 is 0 Å². The molecule has 0 saturated heterocycles. The van der Waals surface area contributed by atoms with Crippen LogP contribution in [-0.4, -0.2) is 5.97 Å². The summed E-state index contributed by atoms with van der Waals surface area (Å²) in [5.74, 6) is 0.982. The summed E-state index contributed by atoms with van der Waals surface area (Å²) in [5.41, 5.74) is 6.51. The Morgan fingerprint density at radius 2 is 1.00 bits per heavy atom. The molecule has 2 nitrogen and oxygen atoms in total. The Kier molecular flexibility index (Phi) is 2.47. The van der Waals surface area contributed by atoms with Gasteiger partial charge in [-0.15, -0.1) is 0 Å². The molecule has 7 rings (SSSR count). The van der Waals surface area contributed by atoms with Gasteiger partial charge in [0.25, 0.3) is 0 Å². The highest BCUT2D eigenvalue weighted by molar-refractivity contribution is 5.84. The van der Waals surface area contributed by atoms with Gasteiger partial charge in [0.15, 0.2) is 0 Å². The number of para-hydroxylation sites is 1. The predicted molar refractivity (Wildman–Crippen MR) is 94.9 cm³/mol. The number of fused-ring (bicyclic) bond motifs is 1. The van der Waals surface area contributed by atoms with Crippen LogP contribution >= 0.6 is 0 Å². The van der Waals surface area contributed by atoms with E-state index >= 15 is 0 Å². The van der Waals surface area contributed by atoms with Crippen molar-refractivity contribution in [2.24, 2.45) is 5.92 Å². The number of benzene rings is 3. The van der Waals surface area contributed by atoms with Crippen LogP contribution in [0.15, 0.2) is 72.8 Å². The molecule has 0 amide bonds. The van der Waals surface area contributed by atoms with Crippen molar-refractivity contribution in [3.8, 4) is 5.75 Å². The molecule has 2 unspecified atom stereocenters. The zero-order valence-corrected chi connectivity index (χ0v) is 13.6. The van der Waals surface area contributed by atoms with E-state index in [-0.39, 0.29) is 29.6 Å². The number of carbonyl (C=O) groups is 1. The number of hydrogen-bond donors (Lipinski definition) is 0. The normalized spacial score (nSPS) is 27.6. The first-order chi connectivity index (χ1) is 12.3. The maximum absolute atomic E-state index is 13.0. The first-order valence-electron chi connectivity index (χ1n) is 8.83. The third kappa shape index (κ3) is 1.57. The van der Waals surface area contributed by atoms with Crippen molar-refractivity contribution in [1.82, 2.24) is 0 Å². The van der Waals surface area contributed by atoms with Gasteiger partial charge in [0.1, 0.15) is 5.75 Å². The Hall–Kier alpha value is -2.87. The van der Waals surface area contributed by atoms with Crippen molar-refractivity contribution in [2.75, 3.05) is 0 Å². The number of carbonyl (C=O) groups excluding carboxylic acids is 1. The molecule has 0 fully saturated rings. The summed E-state index contributed by atoms with van der Waals surface area (Å²) in [6, 6.07) is 25.3. The minimum absolute atomic E-state index is 0.0808. The molecule has 1 heterocycles. The van der Waals surface area contributed by atoms with Crippen LogP contribution in [0.1, 0.15) is 45.6 Å². The molecule has 2 heteroatoms. The Morgan fingerprint density at radius 3 is 1.56 bits per heavy atom. The predicted octanol–water partition coefficient (Wildman–Crippen LogP) is 4.60. The van der Waals surface area contributed by atoms with Gasteiger partial charge in [-0.25, -0.2) is 0 Å². The van der Waals surface area contributed by atoms with E-state index in [1.54, 1.807) is 0 Å². The van der Waals surface area contributed by atoms with Crippen LogP contribution in [0.2, 0.25) is 0 Å². The highest BCUT2D eigenvalue weighted by atomic mass is 16.5. The molecular weight excluding hydrogens is 308 g/mol. The third-order valence-electron chi connectivity index (χ3n) is 6.20. The molecule has 2 bridgehead atoms. The summed E-state index contributed by atoms with van der Waals surface area (Å²) in [4.78, 5) is 13.0. The zero-order valence-electron chi connectivity index (χ0n) is 13.6. The van der Waals surface area contributed by atoms with E-state index in [0.29, 0.717) is 0 Å². The van der Waals surface area contributed by atoms with Gasteiger partial charge >= 0.3 is 5.97 Å². The van der Waals surface area contributed by atoms with Crippen molar-refractivity contribution in [3.63, 3.8) is 0 Å². The Bertz CT molecular complexity index is 988. The lowest BCUT2D eigenvalue weighted by atomic mass is 9.52. The monoisotopic (exact) mass is 324 g/mol. The van der Waals surface area contributed by atoms with Gasteiger partial charge in [-0.1, -0.05) is 66.7 Å². The number of hydrogen-bond acceptors (Lipinski definition) is 2. The Balaban J connectivity index is 1.71. The first-order valence-corrected chi connectivity index (χ1v) is 8.83. The molecule has 2 atom stereocenters. The van der Waals surface area contributed by atoms with Crippen LogP contribution in [0.4, 0.5) is 0 Å². The average molecular weight is 324 g/mol. The summed E-state index contributed by atoms with van der Waals surface area (Å²) < 4.78 is 5.75. The van der Waals surface area contributed by atoms with Gasteiger partial charge in [-0.3, -0.25) is 4.79 Å². The van der Waals surface area contributed by atoms with Gasteiger partial charge in [0.2, 0.25) is 0 Å². The number of ether oxygens (including phenoxy) is 1. The van der Waals surface area contributed by atoms with E-state index in [1.807, 2.05) is 12.1 Å². The minimum Gasteiger partial charge on any atom is -0.426 e. The molecule has 4 aliphatic rings. The van der Waals surface area contributed by atoms with Crippen molar-refractivity contribution in [3.05, 3.63) is 101 Å². The fourth-order valence-electron chi connectivity index (χ4n) is 5.36. The fraction of sp³-hybridized carbons (Fsp3) is 0.174. The molecule has 3 aromatic rings. The quantitative estimate of drug-likeness (QED) is 0.446. The molecule has 3 aromatic carbocycles. The molecule has 0 aromatic heterocycles. The molecule has 120 valence electrons. The molecule has 0 radical (unpaired) electrons. The molecule has 0 saturated carbocycles. The van der Waals surface area contributed by atoms with Crippen molar-refractivity contribution >= 4 is 5.97 Å². The van der Waals surface area contributed by atoms with E-state index in [1.165, 1.54) is 27.8 Å². The maximum Gasteiger partial charge on any atom is 0.315 e. The standard InChI is InChI=1S/C23H16O2/c24-23-22-20-15-9-3-1-7-13(15)19(14-8-2-4-10-16(14)20)21(22)17-11-5-6-12-18(17)25-23/h1-12,19-22H. The van der Waals surface area contributed by atoms with Gasteiger partial charge in [-0.2, -0.15) is 0 Å². The lowest BCUT2D eigenvalue weighted by molar-refractivity contribution is -0.142. The SMILES string of the molecule is O=C1Oc2ccccc2C2C3c4ccccc4C(c4ccccc43)C12. The first kappa shape index (κ1) is 13.4. The topological polar surface area (TPSA) is 26.3 Å². The van der Waals surface area contributed by atoms with Crippen LogP contribution in [0.3, 0.4) is 0 Å². The van der Waals surface area contributed by atoms with Gasteiger partial charge in [0, 0.05) is 17.8 Å².